The number of hydrogen-bond donors (Lipinski definition) is 1. The molecule has 2 aliphatic rings. The highest BCUT2D eigenvalue weighted by molar-refractivity contribution is 5.94. The van der Waals surface area contributed by atoms with Crippen molar-refractivity contribution in [3.05, 3.63) is 89.6 Å². The van der Waals surface area contributed by atoms with E-state index >= 15 is 0 Å². The molecule has 1 aromatic heterocycles. The normalized spacial score (nSPS) is 17.2. The highest BCUT2D eigenvalue weighted by Crippen LogP contribution is 2.53. The lowest BCUT2D eigenvalue weighted by Crippen LogP contribution is -2.46. The van der Waals surface area contributed by atoms with Crippen LogP contribution in [0.1, 0.15) is 69.8 Å². The van der Waals surface area contributed by atoms with Crippen LogP contribution in [0.25, 0.3) is 21.9 Å². The van der Waals surface area contributed by atoms with Crippen LogP contribution in [0.15, 0.2) is 72.9 Å². The van der Waals surface area contributed by atoms with E-state index in [1.54, 1.807) is 13.1 Å². The summed E-state index contributed by atoms with van der Waals surface area (Å²) in [6, 6.07) is 22.6. The van der Waals surface area contributed by atoms with E-state index in [0.717, 1.165) is 52.3 Å². The second-order valence-corrected chi connectivity index (χ2v) is 13.1. The number of amides is 1. The summed E-state index contributed by atoms with van der Waals surface area (Å²) in [4.78, 5) is 31.4. The van der Waals surface area contributed by atoms with E-state index in [1.807, 2.05) is 56.0 Å². The molecule has 0 unspecified atom stereocenters. The molecule has 1 fully saturated rings. The summed E-state index contributed by atoms with van der Waals surface area (Å²) in [6.45, 7) is 9.04. The number of fused-ring (bicyclic) bond motifs is 3. The number of nitrogens with two attached hydrogens (primary N) is 1. The monoisotopic (exact) mass is 607 g/mol. The molecule has 2 N–H and O–H groups in total. The highest BCUT2D eigenvalue weighted by Gasteiger charge is 2.47. The molecule has 6 rings (SSSR count). The van der Waals surface area contributed by atoms with E-state index in [4.69, 9.17) is 19.9 Å². The first-order chi connectivity index (χ1) is 21.5. The zero-order valence-corrected chi connectivity index (χ0v) is 26.5. The Labute approximate surface area is 264 Å². The van der Waals surface area contributed by atoms with Crippen molar-refractivity contribution in [1.82, 2.24) is 9.88 Å². The Hall–Kier alpha value is -4.59. The molecule has 1 aliphatic carbocycles. The quantitative estimate of drug-likeness (QED) is 0.228. The number of benzene rings is 3. The molecule has 8 nitrogen and oxygen atoms in total. The van der Waals surface area contributed by atoms with Gasteiger partial charge in [-0.05, 0) is 98.9 Å². The number of nitrogen functional groups attached to an aromatic ring is 1. The van der Waals surface area contributed by atoms with E-state index in [0.29, 0.717) is 31.3 Å². The van der Waals surface area contributed by atoms with Gasteiger partial charge in [0, 0.05) is 35.7 Å². The van der Waals surface area contributed by atoms with Crippen molar-refractivity contribution in [2.45, 2.75) is 70.5 Å². The number of carbonyl (C=O) groups is 2. The van der Waals surface area contributed by atoms with Crippen LogP contribution in [0, 0.1) is 0 Å². The fraction of sp³-hybridized carbons (Fsp3) is 0.378. The second kappa shape index (κ2) is 12.1. The number of ether oxygens (including phenoxy) is 3. The molecule has 3 aromatic carbocycles. The minimum Gasteiger partial charge on any atom is -0.485 e. The van der Waals surface area contributed by atoms with Gasteiger partial charge in [0.15, 0.2) is 0 Å². The molecule has 8 heteroatoms. The number of para-hydroxylation sites is 1. The van der Waals surface area contributed by atoms with Gasteiger partial charge in [-0.15, -0.1) is 0 Å². The van der Waals surface area contributed by atoms with E-state index in [-0.39, 0.29) is 30.0 Å². The summed E-state index contributed by atoms with van der Waals surface area (Å²) in [5.74, 6) is 0.907. The number of anilines is 1. The zero-order chi connectivity index (χ0) is 31.8. The topological polar surface area (TPSA) is 104 Å². The average Bonchev–Trinajstić information content (AvgIpc) is 3.29. The van der Waals surface area contributed by atoms with Crippen LogP contribution in [0.3, 0.4) is 0 Å². The third-order valence-electron chi connectivity index (χ3n) is 8.93. The fourth-order valence-corrected chi connectivity index (χ4v) is 6.74. The number of piperidine rings is 1. The van der Waals surface area contributed by atoms with Crippen molar-refractivity contribution >= 4 is 28.7 Å². The Morgan fingerprint density at radius 3 is 2.49 bits per heavy atom. The summed E-state index contributed by atoms with van der Waals surface area (Å²) in [5, 5.41) is 1.96. The van der Waals surface area contributed by atoms with Gasteiger partial charge in [-0.1, -0.05) is 42.5 Å². The van der Waals surface area contributed by atoms with Crippen molar-refractivity contribution < 1.29 is 23.8 Å². The lowest BCUT2D eigenvalue weighted by molar-refractivity contribution is -0.142. The van der Waals surface area contributed by atoms with Crippen molar-refractivity contribution in [2.24, 2.45) is 0 Å². The molecule has 2 heterocycles. The summed E-state index contributed by atoms with van der Waals surface area (Å²) in [6.07, 6.45) is 3.76. The predicted octanol–water partition coefficient (Wildman–Crippen LogP) is 7.38. The summed E-state index contributed by atoms with van der Waals surface area (Å²) in [7, 11) is 0. The van der Waals surface area contributed by atoms with Crippen molar-refractivity contribution in [3.8, 4) is 16.9 Å². The minimum absolute atomic E-state index is 0.145. The summed E-state index contributed by atoms with van der Waals surface area (Å²) < 4.78 is 17.7. The smallest absolute Gasteiger partial charge is 0.410 e. The van der Waals surface area contributed by atoms with Crippen LogP contribution < -0.4 is 10.5 Å². The average molecular weight is 608 g/mol. The molecule has 4 aromatic rings. The molecule has 1 amide bonds. The van der Waals surface area contributed by atoms with Crippen LogP contribution in [0.2, 0.25) is 0 Å². The Balaban J connectivity index is 1.35. The van der Waals surface area contributed by atoms with Gasteiger partial charge in [-0.3, -0.25) is 4.79 Å². The SMILES string of the molecule is CCOC(=O)Cc1ccccc1O[C@H]1CC2(CCN(C(=O)OC(C)(C)C)CC2)c2ccc(-c3ccc4ccnc(N)c4c3)cc21. The fourth-order valence-electron chi connectivity index (χ4n) is 6.74. The second-order valence-electron chi connectivity index (χ2n) is 13.1. The Morgan fingerprint density at radius 1 is 1.00 bits per heavy atom. The van der Waals surface area contributed by atoms with E-state index in [1.165, 1.54) is 5.56 Å². The molecule has 1 saturated heterocycles. The molecule has 1 atom stereocenters. The van der Waals surface area contributed by atoms with Gasteiger partial charge in [0.2, 0.25) is 0 Å². The highest BCUT2D eigenvalue weighted by atomic mass is 16.6. The molecule has 234 valence electrons. The number of likely N-dealkylation sites (tertiary alicyclic amines) is 1. The first-order valence-electron chi connectivity index (χ1n) is 15.7. The van der Waals surface area contributed by atoms with Crippen molar-refractivity contribution in [2.75, 3.05) is 25.4 Å². The summed E-state index contributed by atoms with van der Waals surface area (Å²) >= 11 is 0. The van der Waals surface area contributed by atoms with Gasteiger partial charge in [0.25, 0.3) is 0 Å². The minimum atomic E-state index is -0.540. The van der Waals surface area contributed by atoms with Crippen molar-refractivity contribution in [1.29, 1.82) is 0 Å². The first kappa shape index (κ1) is 30.4. The van der Waals surface area contributed by atoms with Gasteiger partial charge >= 0.3 is 12.1 Å². The van der Waals surface area contributed by atoms with Crippen molar-refractivity contribution in [3.63, 3.8) is 0 Å². The number of esters is 1. The van der Waals surface area contributed by atoms with Gasteiger partial charge in [-0.25, -0.2) is 9.78 Å². The van der Waals surface area contributed by atoms with Crippen LogP contribution in [-0.2, 0) is 26.1 Å². The van der Waals surface area contributed by atoms with Gasteiger partial charge in [0.05, 0.1) is 13.0 Å². The van der Waals surface area contributed by atoms with Crippen LogP contribution in [0.4, 0.5) is 10.6 Å². The Kier molecular flexibility index (Phi) is 8.16. The number of rotatable bonds is 6. The zero-order valence-electron chi connectivity index (χ0n) is 26.5. The van der Waals surface area contributed by atoms with Gasteiger partial charge in [0.1, 0.15) is 23.3 Å². The molecule has 45 heavy (non-hydrogen) atoms. The van der Waals surface area contributed by atoms with Gasteiger partial charge in [-0.2, -0.15) is 0 Å². The number of aromatic nitrogens is 1. The summed E-state index contributed by atoms with van der Waals surface area (Å²) in [5.41, 5.74) is 10.8. The Bertz CT molecular complexity index is 1740. The number of carbonyl (C=O) groups excluding carboxylic acids is 2. The van der Waals surface area contributed by atoms with Crippen LogP contribution in [0.5, 0.6) is 5.75 Å². The molecule has 0 bridgehead atoms. The van der Waals surface area contributed by atoms with E-state index in [2.05, 4.69) is 41.4 Å². The van der Waals surface area contributed by atoms with Gasteiger partial charge < -0.3 is 24.8 Å². The molecule has 0 radical (unpaired) electrons. The van der Waals surface area contributed by atoms with E-state index < -0.39 is 5.60 Å². The largest absolute Gasteiger partial charge is 0.485 e. The standard InChI is InChI=1S/C37H41N3O5/c1-5-43-33(41)22-27-8-6-7-9-31(27)44-32-23-37(15-18-40(19-16-37)35(42)45-36(2,3)4)30-13-12-26(21-29(30)32)25-11-10-24-14-17-39-34(38)28(24)20-25/h6-14,17,20-21,32H,5,15-16,18-19,22-23H2,1-4H3,(H2,38,39)/t32-/m0/s1. The maximum Gasteiger partial charge on any atom is 0.410 e. The Morgan fingerprint density at radius 2 is 1.73 bits per heavy atom. The lowest BCUT2D eigenvalue weighted by Gasteiger charge is -2.40. The number of pyridine rings is 1. The maximum absolute atomic E-state index is 12.9. The number of hydrogen-bond acceptors (Lipinski definition) is 7. The maximum atomic E-state index is 12.9. The first-order valence-corrected chi connectivity index (χ1v) is 15.7. The molecular formula is C37H41N3O5. The molecule has 1 aliphatic heterocycles. The predicted molar refractivity (Wildman–Crippen MR) is 175 cm³/mol. The molecule has 0 saturated carbocycles. The third-order valence-corrected chi connectivity index (χ3v) is 8.93. The van der Waals surface area contributed by atoms with E-state index in [9.17, 15) is 9.59 Å². The molecule has 1 spiro atoms. The molecular weight excluding hydrogens is 566 g/mol. The lowest BCUT2D eigenvalue weighted by atomic mass is 9.73. The number of nitrogens with zero attached hydrogens (tertiary/aromatic N) is 2. The third kappa shape index (κ3) is 6.32. The van der Waals surface area contributed by atoms with Crippen LogP contribution in [-0.4, -0.2) is 47.2 Å². The van der Waals surface area contributed by atoms with Crippen LogP contribution >= 0.6 is 0 Å².